The third-order valence-electron chi connectivity index (χ3n) is 14.4. The SMILES string of the molecule is CCC1=CC[C@H]2C3=CC=C4C[C@](O[Si](C)(C)C(C)(C)C)(SC[C@@H](O)C(CC)CC)C[C@H](O[Si](C)(C)C(C)(C)C)[C@]4(C)[C@H]3CC[C@]12C. The van der Waals surface area contributed by atoms with Gasteiger partial charge in [-0.1, -0.05) is 124 Å². The van der Waals surface area contributed by atoms with E-state index < -0.39 is 21.6 Å². The molecule has 0 radical (unpaired) electrons. The summed E-state index contributed by atoms with van der Waals surface area (Å²) in [6, 6.07) is 0. The lowest BCUT2D eigenvalue weighted by atomic mass is 9.49. The van der Waals surface area contributed by atoms with Crippen molar-refractivity contribution < 1.29 is 14.0 Å². The van der Waals surface area contributed by atoms with Gasteiger partial charge in [0.2, 0.25) is 0 Å². The zero-order valence-electron chi connectivity index (χ0n) is 32.7. The number of aliphatic hydroxyl groups excluding tert-OH is 1. The minimum atomic E-state index is -2.16. The van der Waals surface area contributed by atoms with E-state index in [2.05, 4.69) is 121 Å². The Morgan fingerprint density at radius 1 is 0.935 bits per heavy atom. The maximum absolute atomic E-state index is 11.4. The molecule has 7 atom stereocenters. The lowest BCUT2D eigenvalue weighted by Gasteiger charge is -2.61. The molecule has 2 saturated carbocycles. The quantitative estimate of drug-likeness (QED) is 0.133. The molecule has 0 spiro atoms. The maximum Gasteiger partial charge on any atom is 0.193 e. The fourth-order valence-electron chi connectivity index (χ4n) is 8.97. The van der Waals surface area contributed by atoms with Crippen molar-refractivity contribution >= 4 is 28.4 Å². The average Bonchev–Trinajstić information content (AvgIpc) is 3.28. The van der Waals surface area contributed by atoms with Crippen LogP contribution in [-0.2, 0) is 8.85 Å². The van der Waals surface area contributed by atoms with E-state index in [0.717, 1.165) is 25.7 Å². The van der Waals surface area contributed by atoms with Gasteiger partial charge in [-0.25, -0.2) is 0 Å². The second-order valence-electron chi connectivity index (χ2n) is 19.0. The highest BCUT2D eigenvalue weighted by Crippen LogP contribution is 2.67. The second kappa shape index (κ2) is 13.2. The topological polar surface area (TPSA) is 38.7 Å². The van der Waals surface area contributed by atoms with E-state index in [1.54, 1.807) is 11.1 Å². The van der Waals surface area contributed by atoms with Crippen LogP contribution in [0.5, 0.6) is 0 Å². The average molecular weight is 689 g/mol. The van der Waals surface area contributed by atoms with Crippen molar-refractivity contribution in [2.24, 2.45) is 28.6 Å². The predicted molar refractivity (Wildman–Crippen MR) is 206 cm³/mol. The van der Waals surface area contributed by atoms with Crippen LogP contribution in [0.4, 0.5) is 0 Å². The lowest BCUT2D eigenvalue weighted by molar-refractivity contribution is -0.0490. The lowest BCUT2D eigenvalue weighted by Crippen LogP contribution is -2.61. The molecular weight excluding hydrogens is 617 g/mol. The van der Waals surface area contributed by atoms with Crippen LogP contribution in [0.2, 0.25) is 36.3 Å². The van der Waals surface area contributed by atoms with Gasteiger partial charge >= 0.3 is 0 Å². The van der Waals surface area contributed by atoms with Crippen LogP contribution >= 0.6 is 11.8 Å². The molecule has 0 amide bonds. The van der Waals surface area contributed by atoms with Crippen molar-refractivity contribution in [3.05, 3.63) is 34.9 Å². The molecule has 0 bridgehead atoms. The molecule has 0 aromatic rings. The van der Waals surface area contributed by atoms with E-state index in [9.17, 15) is 5.11 Å². The first-order valence-corrected chi connectivity index (χ1v) is 25.6. The Labute approximate surface area is 291 Å². The van der Waals surface area contributed by atoms with Crippen molar-refractivity contribution in [3.8, 4) is 0 Å². The Balaban J connectivity index is 1.85. The summed E-state index contributed by atoms with van der Waals surface area (Å²) in [5.74, 6) is 2.17. The van der Waals surface area contributed by atoms with Crippen molar-refractivity contribution in [3.63, 3.8) is 0 Å². The number of fused-ring (bicyclic) bond motifs is 5. The summed E-state index contributed by atoms with van der Waals surface area (Å²) >= 11 is 1.92. The van der Waals surface area contributed by atoms with Gasteiger partial charge in [-0.15, -0.1) is 11.8 Å². The first kappa shape index (κ1) is 38.7. The highest BCUT2D eigenvalue weighted by molar-refractivity contribution is 8.00. The van der Waals surface area contributed by atoms with E-state index >= 15 is 0 Å². The Morgan fingerprint density at radius 3 is 2.09 bits per heavy atom. The molecule has 4 aliphatic carbocycles. The van der Waals surface area contributed by atoms with E-state index in [1.807, 2.05) is 11.8 Å². The van der Waals surface area contributed by atoms with Crippen LogP contribution in [-0.4, -0.2) is 44.6 Å². The van der Waals surface area contributed by atoms with Crippen LogP contribution < -0.4 is 0 Å². The molecule has 0 saturated heterocycles. The fourth-order valence-corrected chi connectivity index (χ4v) is 13.9. The zero-order valence-corrected chi connectivity index (χ0v) is 35.5. The molecule has 0 unspecified atom stereocenters. The number of allylic oxidation sites excluding steroid dienone is 5. The molecular formula is C40H72O3SSi2. The Morgan fingerprint density at radius 2 is 1.54 bits per heavy atom. The van der Waals surface area contributed by atoms with Crippen molar-refractivity contribution in [1.82, 2.24) is 0 Å². The molecule has 0 aliphatic heterocycles. The van der Waals surface area contributed by atoms with Crippen LogP contribution in [0.15, 0.2) is 34.9 Å². The number of thioether (sulfide) groups is 1. The van der Waals surface area contributed by atoms with E-state index in [4.69, 9.17) is 8.85 Å². The largest absolute Gasteiger partial charge is 0.413 e. The minimum absolute atomic E-state index is 0.0509. The monoisotopic (exact) mass is 688 g/mol. The molecule has 2 fully saturated rings. The number of rotatable bonds is 11. The number of hydrogen-bond acceptors (Lipinski definition) is 4. The van der Waals surface area contributed by atoms with Crippen LogP contribution in [0.3, 0.4) is 0 Å². The van der Waals surface area contributed by atoms with Gasteiger partial charge in [-0.3, -0.25) is 0 Å². The highest BCUT2D eigenvalue weighted by atomic mass is 32.2. The molecule has 0 heterocycles. The summed E-state index contributed by atoms with van der Waals surface area (Å²) in [6.45, 7) is 35.9. The predicted octanol–water partition coefficient (Wildman–Crippen LogP) is 12.1. The molecule has 0 aromatic heterocycles. The molecule has 264 valence electrons. The van der Waals surface area contributed by atoms with Crippen LogP contribution in [0, 0.1) is 28.6 Å². The van der Waals surface area contributed by atoms with Crippen molar-refractivity contribution in [2.45, 2.75) is 181 Å². The van der Waals surface area contributed by atoms with E-state index in [-0.39, 0.29) is 27.7 Å². The second-order valence-corrected chi connectivity index (χ2v) is 29.8. The zero-order chi connectivity index (χ0) is 34.7. The maximum atomic E-state index is 11.4. The summed E-state index contributed by atoms with van der Waals surface area (Å²) in [7, 11) is -4.28. The van der Waals surface area contributed by atoms with Gasteiger partial charge in [0, 0.05) is 24.0 Å². The van der Waals surface area contributed by atoms with Crippen molar-refractivity contribution in [2.75, 3.05) is 5.75 Å². The van der Waals surface area contributed by atoms with E-state index in [0.29, 0.717) is 28.9 Å². The first-order valence-electron chi connectivity index (χ1n) is 18.8. The molecule has 4 rings (SSSR count). The summed E-state index contributed by atoms with van der Waals surface area (Å²) in [4.78, 5) is -0.410. The van der Waals surface area contributed by atoms with E-state index in [1.165, 1.54) is 31.3 Å². The van der Waals surface area contributed by atoms with Gasteiger partial charge in [-0.2, -0.15) is 0 Å². The summed E-state index contributed by atoms with van der Waals surface area (Å²) in [6.07, 6.45) is 16.2. The minimum Gasteiger partial charge on any atom is -0.413 e. The van der Waals surface area contributed by atoms with Gasteiger partial charge < -0.3 is 14.0 Å². The van der Waals surface area contributed by atoms with Gasteiger partial charge in [-0.05, 0) is 85.1 Å². The Bertz CT molecular complexity index is 1200. The smallest absolute Gasteiger partial charge is 0.193 e. The summed E-state index contributed by atoms with van der Waals surface area (Å²) < 4.78 is 15.4. The third-order valence-corrected chi connectivity index (χ3v) is 24.9. The fraction of sp³-hybridized carbons (Fsp3) is 0.850. The summed E-state index contributed by atoms with van der Waals surface area (Å²) in [5.41, 5.74) is 5.16. The molecule has 6 heteroatoms. The number of hydrogen-bond donors (Lipinski definition) is 1. The number of aliphatic hydroxyl groups is 1. The molecule has 46 heavy (non-hydrogen) atoms. The highest BCUT2D eigenvalue weighted by Gasteiger charge is 2.62. The first-order chi connectivity index (χ1) is 21.0. The molecule has 4 aliphatic rings. The molecule has 0 aromatic carbocycles. The third kappa shape index (κ3) is 6.81. The van der Waals surface area contributed by atoms with Crippen molar-refractivity contribution in [1.29, 1.82) is 0 Å². The van der Waals surface area contributed by atoms with Gasteiger partial charge in [0.1, 0.15) is 4.93 Å². The van der Waals surface area contributed by atoms with Gasteiger partial charge in [0.15, 0.2) is 16.6 Å². The van der Waals surface area contributed by atoms with Gasteiger partial charge in [0.05, 0.1) is 12.2 Å². The molecule has 3 nitrogen and oxygen atoms in total. The van der Waals surface area contributed by atoms with Crippen LogP contribution in [0.1, 0.15) is 128 Å². The van der Waals surface area contributed by atoms with Gasteiger partial charge in [0.25, 0.3) is 0 Å². The normalized spacial score (nSPS) is 34.4. The van der Waals surface area contributed by atoms with Crippen LogP contribution in [0.25, 0.3) is 0 Å². The summed E-state index contributed by atoms with van der Waals surface area (Å²) in [5, 5.41) is 11.7. The Kier molecular flexibility index (Phi) is 11.1. The molecule has 1 N–H and O–H groups in total. The standard InChI is InChI=1S/C40H72O3SSi2/c1-16-28(17-2)34(41)27-44-40(43-46(14,15)37(7,8)9)25-30-19-21-31-32-22-20-29(18-3)38(32,10)24-23-33(31)39(30,11)35(26-40)42-45(12,13)36(4,5)6/h19-21,28,32-35,41H,16-18,22-27H2,1-15H3/t32-,33-,34+,35-,38+,39-,40-/m0/s1. The Hall–Kier alpha value is -0.116.